The normalized spacial score (nSPS) is 13.8. The lowest BCUT2D eigenvalue weighted by Crippen LogP contribution is -2.15. The highest BCUT2D eigenvalue weighted by atomic mass is 16.7. The monoisotopic (exact) mass is 337 g/mol. The highest BCUT2D eigenvalue weighted by Gasteiger charge is 2.20. The molecule has 0 spiro atoms. The van der Waals surface area contributed by atoms with E-state index in [0.29, 0.717) is 11.5 Å². The Hall–Kier alpha value is -3.05. The second kappa shape index (κ2) is 6.83. The predicted molar refractivity (Wildman–Crippen MR) is 95.2 cm³/mol. The molecule has 0 saturated carbocycles. The molecule has 5 heteroatoms. The number of carboxylic acid groups (broad SMARTS) is 1. The molecule has 0 aromatic heterocycles. The molecule has 1 N–H and O–H groups in total. The molecule has 2 aromatic carbocycles. The van der Waals surface area contributed by atoms with E-state index < -0.39 is 5.97 Å². The van der Waals surface area contributed by atoms with Gasteiger partial charge in [-0.3, -0.25) is 4.84 Å². The Balaban J connectivity index is 1.99. The van der Waals surface area contributed by atoms with Gasteiger partial charge < -0.3 is 9.84 Å². The molecule has 3 rings (SSSR count). The van der Waals surface area contributed by atoms with Crippen LogP contribution in [-0.2, 0) is 9.57 Å². The first-order valence-electron chi connectivity index (χ1n) is 7.84. The lowest BCUT2D eigenvalue weighted by molar-refractivity contribution is -0.0474. The molecular formula is C20H19NO4. The van der Waals surface area contributed by atoms with Gasteiger partial charge in [-0.1, -0.05) is 30.3 Å². The van der Waals surface area contributed by atoms with E-state index in [4.69, 9.17) is 14.7 Å². The van der Waals surface area contributed by atoms with Crippen LogP contribution >= 0.6 is 0 Å². The van der Waals surface area contributed by atoms with Crippen molar-refractivity contribution in [3.05, 3.63) is 82.7 Å². The van der Waals surface area contributed by atoms with Crippen LogP contribution in [0, 0.1) is 13.8 Å². The van der Waals surface area contributed by atoms with Crippen molar-refractivity contribution in [3.8, 4) is 0 Å². The fourth-order valence-electron chi connectivity index (χ4n) is 2.72. The number of aromatic carboxylic acids is 1. The minimum absolute atomic E-state index is 0.246. The van der Waals surface area contributed by atoms with Crippen LogP contribution in [0.15, 0.2) is 54.9 Å². The first kappa shape index (κ1) is 16.8. The van der Waals surface area contributed by atoms with Crippen LogP contribution in [0.1, 0.15) is 32.6 Å². The number of carboxylic acids is 1. The molecule has 0 amide bonds. The number of rotatable bonds is 4. The minimum atomic E-state index is -0.952. The van der Waals surface area contributed by atoms with Gasteiger partial charge in [0, 0.05) is 11.1 Å². The molecule has 1 aliphatic rings. The summed E-state index contributed by atoms with van der Waals surface area (Å²) in [4.78, 5) is 16.5. The van der Waals surface area contributed by atoms with Crippen molar-refractivity contribution in [2.24, 2.45) is 0 Å². The van der Waals surface area contributed by atoms with Gasteiger partial charge in [0.1, 0.15) is 0 Å². The summed E-state index contributed by atoms with van der Waals surface area (Å²) in [5, 5.41) is 10.7. The molecule has 2 aromatic rings. The summed E-state index contributed by atoms with van der Waals surface area (Å²) in [6, 6.07) is 12.9. The highest BCUT2D eigenvalue weighted by molar-refractivity contribution is 5.88. The Morgan fingerprint density at radius 3 is 2.20 bits per heavy atom. The largest absolute Gasteiger partial charge is 0.478 e. The fraction of sp³-hybridized carbons (Fsp3) is 0.150. The number of ether oxygens (including phenoxy) is 1. The van der Waals surface area contributed by atoms with Gasteiger partial charge >= 0.3 is 5.97 Å². The van der Waals surface area contributed by atoms with Gasteiger partial charge in [-0.25, -0.2) is 9.86 Å². The van der Waals surface area contributed by atoms with Crippen molar-refractivity contribution in [2.45, 2.75) is 13.8 Å². The average molecular weight is 337 g/mol. The maximum absolute atomic E-state index is 11.1. The SMILES string of the molecule is CON1C=C(c2ccccc2C)OC(c2ccc(C(=O)O)cc2C)=C1. The lowest BCUT2D eigenvalue weighted by Gasteiger charge is -2.25. The topological polar surface area (TPSA) is 59.0 Å². The van der Waals surface area contributed by atoms with Crippen LogP contribution in [0.25, 0.3) is 11.5 Å². The third kappa shape index (κ3) is 3.41. The number of hydroxylamine groups is 2. The number of benzene rings is 2. The average Bonchev–Trinajstić information content (AvgIpc) is 2.61. The number of hydrogen-bond donors (Lipinski definition) is 1. The van der Waals surface area contributed by atoms with E-state index in [1.165, 1.54) is 0 Å². The summed E-state index contributed by atoms with van der Waals surface area (Å²) in [5.41, 5.74) is 3.93. The zero-order chi connectivity index (χ0) is 18.0. The second-order valence-corrected chi connectivity index (χ2v) is 5.78. The first-order valence-corrected chi connectivity index (χ1v) is 7.84. The summed E-state index contributed by atoms with van der Waals surface area (Å²) in [6.07, 6.45) is 3.50. The molecule has 128 valence electrons. The quantitative estimate of drug-likeness (QED) is 0.906. The van der Waals surface area contributed by atoms with Gasteiger partial charge in [-0.2, -0.15) is 0 Å². The molecule has 0 radical (unpaired) electrons. The molecule has 0 aliphatic carbocycles. The van der Waals surface area contributed by atoms with Crippen molar-refractivity contribution in [1.29, 1.82) is 0 Å². The molecule has 1 heterocycles. The van der Waals surface area contributed by atoms with Crippen molar-refractivity contribution in [1.82, 2.24) is 5.06 Å². The van der Waals surface area contributed by atoms with Crippen molar-refractivity contribution >= 4 is 17.5 Å². The van der Waals surface area contributed by atoms with E-state index in [9.17, 15) is 4.79 Å². The number of carbonyl (C=O) groups is 1. The van der Waals surface area contributed by atoms with Crippen LogP contribution in [0.4, 0.5) is 0 Å². The van der Waals surface area contributed by atoms with E-state index in [1.807, 2.05) is 38.1 Å². The zero-order valence-electron chi connectivity index (χ0n) is 14.3. The van der Waals surface area contributed by atoms with E-state index in [0.717, 1.165) is 22.3 Å². The zero-order valence-corrected chi connectivity index (χ0v) is 14.3. The Morgan fingerprint density at radius 2 is 1.64 bits per heavy atom. The molecule has 25 heavy (non-hydrogen) atoms. The van der Waals surface area contributed by atoms with Gasteiger partial charge in [-0.15, -0.1) is 0 Å². The standard InChI is InChI=1S/C20H19NO4/c1-13-6-4-5-7-16(13)18-11-21(24-3)12-19(25-18)17-9-8-15(20(22)23)10-14(17)2/h4-12H,1-3H3,(H,22,23). The Morgan fingerprint density at radius 1 is 1.00 bits per heavy atom. The number of nitrogens with zero attached hydrogens (tertiary/aromatic N) is 1. The summed E-state index contributed by atoms with van der Waals surface area (Å²) in [7, 11) is 1.58. The van der Waals surface area contributed by atoms with Gasteiger partial charge in [0.25, 0.3) is 0 Å². The molecule has 5 nitrogen and oxygen atoms in total. The van der Waals surface area contributed by atoms with E-state index in [-0.39, 0.29) is 5.56 Å². The van der Waals surface area contributed by atoms with E-state index >= 15 is 0 Å². The number of hydrogen-bond acceptors (Lipinski definition) is 4. The van der Waals surface area contributed by atoms with Crippen molar-refractivity contribution in [2.75, 3.05) is 7.11 Å². The van der Waals surface area contributed by atoms with Crippen LogP contribution in [0.3, 0.4) is 0 Å². The first-order chi connectivity index (χ1) is 12.0. The lowest BCUT2D eigenvalue weighted by atomic mass is 10.0. The fourth-order valence-corrected chi connectivity index (χ4v) is 2.72. The molecule has 0 fully saturated rings. The summed E-state index contributed by atoms with van der Waals surface area (Å²) in [5.74, 6) is 0.309. The second-order valence-electron chi connectivity index (χ2n) is 5.78. The smallest absolute Gasteiger partial charge is 0.335 e. The van der Waals surface area contributed by atoms with E-state index in [1.54, 1.807) is 42.8 Å². The van der Waals surface area contributed by atoms with Gasteiger partial charge in [0.05, 0.1) is 25.1 Å². The van der Waals surface area contributed by atoms with Crippen LogP contribution in [-0.4, -0.2) is 23.2 Å². The van der Waals surface area contributed by atoms with Crippen molar-refractivity contribution < 1.29 is 19.5 Å². The van der Waals surface area contributed by atoms with Crippen LogP contribution < -0.4 is 0 Å². The van der Waals surface area contributed by atoms with Gasteiger partial charge in [-0.05, 0) is 37.1 Å². The molecule has 1 aliphatic heterocycles. The molecular weight excluding hydrogens is 318 g/mol. The number of aryl methyl sites for hydroxylation is 2. The van der Waals surface area contributed by atoms with Crippen molar-refractivity contribution in [3.63, 3.8) is 0 Å². The Bertz CT molecular complexity index is 883. The maximum Gasteiger partial charge on any atom is 0.335 e. The Labute approximate surface area is 146 Å². The van der Waals surface area contributed by atoms with E-state index in [2.05, 4.69) is 0 Å². The summed E-state index contributed by atoms with van der Waals surface area (Å²) in [6.45, 7) is 3.87. The third-order valence-corrected chi connectivity index (χ3v) is 4.07. The van der Waals surface area contributed by atoms with Gasteiger partial charge in [0.2, 0.25) is 0 Å². The molecule has 0 atom stereocenters. The summed E-state index contributed by atoms with van der Waals surface area (Å²) >= 11 is 0. The van der Waals surface area contributed by atoms with Gasteiger partial charge in [0.15, 0.2) is 11.5 Å². The minimum Gasteiger partial charge on any atom is -0.478 e. The maximum atomic E-state index is 11.1. The van der Waals surface area contributed by atoms with Crippen LogP contribution in [0.2, 0.25) is 0 Å². The summed E-state index contributed by atoms with van der Waals surface area (Å²) < 4.78 is 6.11. The molecule has 0 bridgehead atoms. The third-order valence-electron chi connectivity index (χ3n) is 4.07. The molecule has 0 saturated heterocycles. The predicted octanol–water partition coefficient (Wildman–Crippen LogP) is 4.19. The Kier molecular flexibility index (Phi) is 4.59. The molecule has 0 unspecified atom stereocenters. The van der Waals surface area contributed by atoms with Crippen LogP contribution in [0.5, 0.6) is 0 Å². The highest BCUT2D eigenvalue weighted by Crippen LogP contribution is 2.33.